The van der Waals surface area contributed by atoms with Gasteiger partial charge in [-0.3, -0.25) is 9.79 Å². The molecule has 0 rings (SSSR count). The highest BCUT2D eigenvalue weighted by Crippen LogP contribution is 1.86. The second-order valence-corrected chi connectivity index (χ2v) is 1.95. The molecule has 0 fully saturated rings. The van der Waals surface area contributed by atoms with Gasteiger partial charge in [0.1, 0.15) is 5.84 Å². The molecule has 6 nitrogen and oxygen atoms in total. The number of carbonyl (C=O) groups is 2. The Balaban J connectivity index is 4.46. The summed E-state index contributed by atoms with van der Waals surface area (Å²) >= 11 is 0. The molecular formula is C6H10N4O2. The summed E-state index contributed by atoms with van der Waals surface area (Å²) in [6.45, 7) is -0.0182. The lowest BCUT2D eigenvalue weighted by Gasteiger charge is -2.00. The Morgan fingerprint density at radius 1 is 1.67 bits per heavy atom. The molecule has 0 saturated heterocycles. The van der Waals surface area contributed by atoms with Gasteiger partial charge in [0.15, 0.2) is 12.3 Å². The molecule has 0 aliphatic rings. The highest BCUT2D eigenvalue weighted by molar-refractivity contribution is 6.32. The zero-order valence-corrected chi connectivity index (χ0v) is 6.36. The first-order valence-corrected chi connectivity index (χ1v) is 3.17. The third-order valence-electron chi connectivity index (χ3n) is 1.08. The Morgan fingerprint density at radius 2 is 2.25 bits per heavy atom. The maximum Gasteiger partial charge on any atom is 0.204 e. The maximum atomic E-state index is 10.7. The van der Waals surface area contributed by atoms with Gasteiger partial charge in [-0.25, -0.2) is 0 Å². The largest absolute Gasteiger partial charge is 0.386 e. The van der Waals surface area contributed by atoms with Gasteiger partial charge in [0.25, 0.3) is 0 Å². The number of amidine groups is 1. The van der Waals surface area contributed by atoms with E-state index in [9.17, 15) is 9.59 Å². The molecule has 12 heavy (non-hydrogen) atoms. The number of aldehydes is 1. The smallest absolute Gasteiger partial charge is 0.204 e. The van der Waals surface area contributed by atoms with Crippen molar-refractivity contribution in [3.63, 3.8) is 0 Å². The van der Waals surface area contributed by atoms with Gasteiger partial charge in [-0.15, -0.1) is 0 Å². The first-order chi connectivity index (χ1) is 5.65. The average Bonchev–Trinajstić information content (AvgIpc) is 2.12. The molecule has 0 saturated carbocycles. The maximum absolute atomic E-state index is 10.7. The van der Waals surface area contributed by atoms with Crippen LogP contribution in [-0.2, 0) is 9.59 Å². The van der Waals surface area contributed by atoms with E-state index in [-0.39, 0.29) is 12.4 Å². The van der Waals surface area contributed by atoms with Crippen molar-refractivity contribution in [1.82, 2.24) is 0 Å². The second-order valence-electron chi connectivity index (χ2n) is 1.95. The lowest BCUT2D eigenvalue weighted by Crippen LogP contribution is -2.29. The van der Waals surface area contributed by atoms with Crippen LogP contribution in [-0.4, -0.2) is 36.7 Å². The molecule has 1 unspecified atom stereocenters. The summed E-state index contributed by atoms with van der Waals surface area (Å²) in [5.41, 5.74) is 10.3. The molecule has 5 N–H and O–H groups in total. The summed E-state index contributed by atoms with van der Waals surface area (Å²) in [5.74, 6) is -0.691. The number of nitrogens with zero attached hydrogens (tertiary/aromatic N) is 1. The van der Waals surface area contributed by atoms with Gasteiger partial charge in [-0.05, 0) is 0 Å². The predicted octanol–water partition coefficient (Wildman–Crippen LogP) is -1.91. The Bertz CT molecular complexity index is 224. The van der Waals surface area contributed by atoms with Crippen LogP contribution < -0.4 is 11.5 Å². The molecule has 0 bridgehead atoms. The standard InChI is InChI=1S/C6H10N4O2/c7-1-5(12)4(3-11)10-6(9)2-8/h1,3-4,7H,2,8H2,(H2,9,10). The molecule has 0 aliphatic carbocycles. The molecule has 66 valence electrons. The van der Waals surface area contributed by atoms with E-state index in [2.05, 4.69) is 4.99 Å². The summed E-state index contributed by atoms with van der Waals surface area (Å²) in [4.78, 5) is 24.4. The van der Waals surface area contributed by atoms with Crippen molar-refractivity contribution >= 4 is 24.1 Å². The molecule has 6 heteroatoms. The second kappa shape index (κ2) is 5.14. The number of nitrogens with two attached hydrogens (primary N) is 2. The van der Waals surface area contributed by atoms with E-state index in [1.54, 1.807) is 0 Å². The Hall–Kier alpha value is -1.56. The molecule has 1 atom stereocenters. The lowest BCUT2D eigenvalue weighted by molar-refractivity contribution is -0.118. The van der Waals surface area contributed by atoms with Gasteiger partial charge in [0.2, 0.25) is 5.78 Å². The van der Waals surface area contributed by atoms with E-state index in [4.69, 9.17) is 16.9 Å². The minimum absolute atomic E-state index is 0.0160. The van der Waals surface area contributed by atoms with E-state index < -0.39 is 11.8 Å². The highest BCUT2D eigenvalue weighted by atomic mass is 16.1. The topological polar surface area (TPSA) is 122 Å². The van der Waals surface area contributed by atoms with Gasteiger partial charge in [0.05, 0.1) is 12.8 Å². The third kappa shape index (κ3) is 3.02. The number of carbonyl (C=O) groups excluding carboxylic acids is 2. The molecule has 0 aromatic rings. The molecule has 0 radical (unpaired) electrons. The summed E-state index contributed by atoms with van der Waals surface area (Å²) < 4.78 is 0. The fraction of sp³-hybridized carbons (Fsp3) is 0.333. The highest BCUT2D eigenvalue weighted by Gasteiger charge is 2.13. The Kier molecular flexibility index (Phi) is 4.47. The van der Waals surface area contributed by atoms with Crippen molar-refractivity contribution in [1.29, 1.82) is 5.41 Å². The average molecular weight is 170 g/mol. The molecule has 0 aliphatic heterocycles. The molecule has 0 amide bonds. The number of hydrogen-bond donors (Lipinski definition) is 3. The van der Waals surface area contributed by atoms with E-state index >= 15 is 0 Å². The monoisotopic (exact) mass is 170 g/mol. The zero-order valence-electron chi connectivity index (χ0n) is 6.36. The number of aliphatic imine (C=N–C) groups is 1. The molecule has 0 aromatic carbocycles. The van der Waals surface area contributed by atoms with Crippen molar-refractivity contribution in [3.8, 4) is 0 Å². The first-order valence-electron chi connectivity index (χ1n) is 3.17. The number of nitrogens with one attached hydrogen (secondary N) is 1. The molecule has 0 aromatic heterocycles. The van der Waals surface area contributed by atoms with Crippen molar-refractivity contribution in [2.45, 2.75) is 6.04 Å². The molecular weight excluding hydrogens is 160 g/mol. The Morgan fingerprint density at radius 3 is 2.58 bits per heavy atom. The van der Waals surface area contributed by atoms with Crippen molar-refractivity contribution in [3.05, 3.63) is 0 Å². The summed E-state index contributed by atoms with van der Waals surface area (Å²) in [7, 11) is 0. The predicted molar refractivity (Wildman–Crippen MR) is 44.3 cm³/mol. The number of ketones is 1. The minimum Gasteiger partial charge on any atom is -0.386 e. The zero-order chi connectivity index (χ0) is 9.56. The van der Waals surface area contributed by atoms with E-state index in [0.29, 0.717) is 12.5 Å². The molecule has 0 spiro atoms. The van der Waals surface area contributed by atoms with Gasteiger partial charge in [0, 0.05) is 0 Å². The quantitative estimate of drug-likeness (QED) is 0.193. The minimum atomic E-state index is -1.22. The summed E-state index contributed by atoms with van der Waals surface area (Å²) in [6.07, 6.45) is 0.836. The van der Waals surface area contributed by atoms with Crippen LogP contribution in [0.25, 0.3) is 0 Å². The van der Waals surface area contributed by atoms with Gasteiger partial charge >= 0.3 is 0 Å². The van der Waals surface area contributed by atoms with Crippen LogP contribution in [0.1, 0.15) is 0 Å². The number of Topliss-reactive ketones (excluding diaryl/α,β-unsaturated/α-hetero) is 1. The fourth-order valence-electron chi connectivity index (χ4n) is 0.478. The van der Waals surface area contributed by atoms with E-state index in [1.807, 2.05) is 0 Å². The summed E-state index contributed by atoms with van der Waals surface area (Å²) in [5, 5.41) is 6.57. The van der Waals surface area contributed by atoms with Crippen molar-refractivity contribution in [2.75, 3.05) is 6.54 Å². The van der Waals surface area contributed by atoms with Crippen LogP contribution in [0.2, 0.25) is 0 Å². The number of hydrogen-bond acceptors (Lipinski definition) is 5. The van der Waals surface area contributed by atoms with Crippen LogP contribution in [0.4, 0.5) is 0 Å². The fourth-order valence-corrected chi connectivity index (χ4v) is 0.478. The van der Waals surface area contributed by atoms with E-state index in [1.165, 1.54) is 0 Å². The van der Waals surface area contributed by atoms with Gasteiger partial charge in [-0.1, -0.05) is 0 Å². The van der Waals surface area contributed by atoms with Crippen molar-refractivity contribution in [2.24, 2.45) is 16.5 Å². The van der Waals surface area contributed by atoms with Crippen LogP contribution in [0.5, 0.6) is 0 Å². The lowest BCUT2D eigenvalue weighted by atomic mass is 10.2. The van der Waals surface area contributed by atoms with E-state index in [0.717, 1.165) is 0 Å². The van der Waals surface area contributed by atoms with Crippen LogP contribution >= 0.6 is 0 Å². The van der Waals surface area contributed by atoms with Crippen LogP contribution in [0.15, 0.2) is 4.99 Å². The van der Waals surface area contributed by atoms with Crippen LogP contribution in [0.3, 0.4) is 0 Å². The SMILES string of the molecule is N=CC(=O)C(C=O)N=C(N)CN. The van der Waals surface area contributed by atoms with Crippen LogP contribution in [0, 0.1) is 5.41 Å². The normalized spacial score (nSPS) is 13.6. The first kappa shape index (κ1) is 10.4. The van der Waals surface area contributed by atoms with Gasteiger partial charge < -0.3 is 21.7 Å². The number of rotatable bonds is 5. The Labute approximate surface area is 69.1 Å². The van der Waals surface area contributed by atoms with Gasteiger partial charge in [-0.2, -0.15) is 0 Å². The summed E-state index contributed by atoms with van der Waals surface area (Å²) in [6, 6.07) is -1.22. The third-order valence-corrected chi connectivity index (χ3v) is 1.08. The molecule has 0 heterocycles. The van der Waals surface area contributed by atoms with Crippen molar-refractivity contribution < 1.29 is 9.59 Å².